The number of nitrogens with zero attached hydrogens (tertiary/aromatic N) is 1. The van der Waals surface area contributed by atoms with E-state index in [0.717, 1.165) is 5.69 Å². The molecule has 88 valence electrons. The largest absolute Gasteiger partial charge is 0.384 e. The number of pyridine rings is 1. The van der Waals surface area contributed by atoms with E-state index in [1.165, 1.54) is 11.1 Å². The van der Waals surface area contributed by atoms with Gasteiger partial charge in [-0.3, -0.25) is 0 Å². The number of hydrogen-bond acceptors (Lipinski definition) is 3. The smallest absolute Gasteiger partial charge is 0.125 e. The van der Waals surface area contributed by atoms with Crippen LogP contribution in [0.15, 0.2) is 42.6 Å². The maximum Gasteiger partial charge on any atom is 0.125 e. The van der Waals surface area contributed by atoms with Crippen molar-refractivity contribution in [2.45, 2.75) is 19.9 Å². The number of aromatic nitrogens is 1. The Kier molecular flexibility index (Phi) is 3.28. The van der Waals surface area contributed by atoms with Crippen LogP contribution in [0.1, 0.15) is 24.1 Å². The second kappa shape index (κ2) is 4.87. The molecule has 0 radical (unpaired) electrons. The van der Waals surface area contributed by atoms with Crippen molar-refractivity contribution in [3.8, 4) is 0 Å². The number of rotatable bonds is 3. The van der Waals surface area contributed by atoms with Crippen molar-refractivity contribution >= 4 is 11.5 Å². The normalized spacial score (nSPS) is 12.1. The summed E-state index contributed by atoms with van der Waals surface area (Å²) in [5.74, 6) is 0.534. The third-order valence-electron chi connectivity index (χ3n) is 2.82. The molecular formula is C14H17N3. The van der Waals surface area contributed by atoms with Crippen LogP contribution in [0.5, 0.6) is 0 Å². The molecule has 1 atom stereocenters. The number of nitrogens with one attached hydrogen (secondary N) is 1. The Morgan fingerprint density at radius 3 is 2.71 bits per heavy atom. The molecule has 3 N–H and O–H groups in total. The molecule has 0 bridgehead atoms. The van der Waals surface area contributed by atoms with Crippen molar-refractivity contribution in [1.29, 1.82) is 0 Å². The number of nitrogens with two attached hydrogens (primary N) is 1. The SMILES string of the molecule is Cc1ccccc1C(C)Nc1ccnc(N)c1. The summed E-state index contributed by atoms with van der Waals surface area (Å²) < 4.78 is 0. The monoisotopic (exact) mass is 227 g/mol. The van der Waals surface area contributed by atoms with Gasteiger partial charge in [0.2, 0.25) is 0 Å². The lowest BCUT2D eigenvalue weighted by Gasteiger charge is -2.17. The Balaban J connectivity index is 2.17. The molecule has 2 rings (SSSR count). The van der Waals surface area contributed by atoms with Gasteiger partial charge in [-0.05, 0) is 31.0 Å². The molecule has 17 heavy (non-hydrogen) atoms. The van der Waals surface area contributed by atoms with E-state index in [1.807, 2.05) is 12.1 Å². The van der Waals surface area contributed by atoms with Gasteiger partial charge >= 0.3 is 0 Å². The Labute approximate surface area is 102 Å². The first-order valence-electron chi connectivity index (χ1n) is 5.70. The maximum atomic E-state index is 5.65. The molecule has 3 nitrogen and oxygen atoms in total. The molecule has 0 spiro atoms. The van der Waals surface area contributed by atoms with Gasteiger partial charge in [0.25, 0.3) is 0 Å². The van der Waals surface area contributed by atoms with Crippen LogP contribution in [-0.2, 0) is 0 Å². The Bertz CT molecular complexity index is 508. The van der Waals surface area contributed by atoms with Gasteiger partial charge in [0.15, 0.2) is 0 Å². The van der Waals surface area contributed by atoms with E-state index in [-0.39, 0.29) is 6.04 Å². The van der Waals surface area contributed by atoms with Gasteiger partial charge in [-0.2, -0.15) is 0 Å². The number of nitrogen functional groups attached to an aromatic ring is 1. The summed E-state index contributed by atoms with van der Waals surface area (Å²) in [6.45, 7) is 4.26. The first-order chi connectivity index (χ1) is 8.16. The molecule has 0 aliphatic carbocycles. The highest BCUT2D eigenvalue weighted by Crippen LogP contribution is 2.22. The van der Waals surface area contributed by atoms with Crippen LogP contribution in [-0.4, -0.2) is 4.98 Å². The molecule has 1 aromatic heterocycles. The minimum Gasteiger partial charge on any atom is -0.384 e. The summed E-state index contributed by atoms with van der Waals surface area (Å²) in [4.78, 5) is 3.98. The third-order valence-corrected chi connectivity index (χ3v) is 2.82. The van der Waals surface area contributed by atoms with Crippen LogP contribution in [0.25, 0.3) is 0 Å². The molecular weight excluding hydrogens is 210 g/mol. The van der Waals surface area contributed by atoms with E-state index in [2.05, 4.69) is 48.4 Å². The fourth-order valence-corrected chi connectivity index (χ4v) is 1.94. The van der Waals surface area contributed by atoms with Crippen molar-refractivity contribution in [1.82, 2.24) is 4.98 Å². The molecule has 0 aliphatic rings. The standard InChI is InChI=1S/C14H17N3/c1-10-5-3-4-6-13(10)11(2)17-12-7-8-16-14(15)9-12/h3-9,11H,1-2H3,(H3,15,16,17). The van der Waals surface area contributed by atoms with Crippen molar-refractivity contribution in [2.24, 2.45) is 0 Å². The van der Waals surface area contributed by atoms with Crippen LogP contribution in [0.2, 0.25) is 0 Å². The van der Waals surface area contributed by atoms with Gasteiger partial charge in [0.05, 0.1) is 0 Å². The van der Waals surface area contributed by atoms with Gasteiger partial charge in [-0.15, -0.1) is 0 Å². The average molecular weight is 227 g/mol. The van der Waals surface area contributed by atoms with Crippen molar-refractivity contribution in [3.05, 3.63) is 53.7 Å². The van der Waals surface area contributed by atoms with Crippen molar-refractivity contribution < 1.29 is 0 Å². The molecule has 2 aromatic rings. The molecule has 1 aromatic carbocycles. The number of benzene rings is 1. The zero-order valence-electron chi connectivity index (χ0n) is 10.1. The van der Waals surface area contributed by atoms with Gasteiger partial charge in [-0.25, -0.2) is 4.98 Å². The van der Waals surface area contributed by atoms with Crippen LogP contribution in [0.3, 0.4) is 0 Å². The lowest BCUT2D eigenvalue weighted by atomic mass is 10.0. The lowest BCUT2D eigenvalue weighted by molar-refractivity contribution is 0.874. The number of aryl methyl sites for hydroxylation is 1. The highest BCUT2D eigenvalue weighted by Gasteiger charge is 2.07. The fourth-order valence-electron chi connectivity index (χ4n) is 1.94. The lowest BCUT2D eigenvalue weighted by Crippen LogP contribution is -2.08. The molecule has 1 heterocycles. The number of hydrogen-bond donors (Lipinski definition) is 2. The van der Waals surface area contributed by atoms with E-state index in [9.17, 15) is 0 Å². The summed E-state index contributed by atoms with van der Waals surface area (Å²) in [5, 5.41) is 3.42. The summed E-state index contributed by atoms with van der Waals surface area (Å²) in [6, 6.07) is 12.4. The summed E-state index contributed by atoms with van der Waals surface area (Å²) in [5.41, 5.74) is 9.23. The van der Waals surface area contributed by atoms with E-state index in [0.29, 0.717) is 5.82 Å². The van der Waals surface area contributed by atoms with E-state index >= 15 is 0 Å². The first kappa shape index (κ1) is 11.5. The predicted molar refractivity (Wildman–Crippen MR) is 71.9 cm³/mol. The highest BCUT2D eigenvalue weighted by atomic mass is 14.9. The van der Waals surface area contributed by atoms with Crippen LogP contribution < -0.4 is 11.1 Å². The van der Waals surface area contributed by atoms with Gasteiger partial charge in [-0.1, -0.05) is 24.3 Å². The van der Waals surface area contributed by atoms with E-state index in [1.54, 1.807) is 6.20 Å². The quantitative estimate of drug-likeness (QED) is 0.847. The minimum absolute atomic E-state index is 0.248. The van der Waals surface area contributed by atoms with Gasteiger partial charge in [0, 0.05) is 24.0 Å². The van der Waals surface area contributed by atoms with Crippen LogP contribution in [0.4, 0.5) is 11.5 Å². The maximum absolute atomic E-state index is 5.65. The summed E-state index contributed by atoms with van der Waals surface area (Å²) >= 11 is 0. The molecule has 3 heteroatoms. The Hall–Kier alpha value is -2.03. The Morgan fingerprint density at radius 2 is 2.00 bits per heavy atom. The predicted octanol–water partition coefficient (Wildman–Crippen LogP) is 3.15. The highest BCUT2D eigenvalue weighted by molar-refractivity contribution is 5.51. The topological polar surface area (TPSA) is 50.9 Å². The van der Waals surface area contributed by atoms with E-state index < -0.39 is 0 Å². The molecule has 0 aliphatic heterocycles. The summed E-state index contributed by atoms with van der Waals surface area (Å²) in [6.07, 6.45) is 1.71. The van der Waals surface area contributed by atoms with Crippen LogP contribution in [0, 0.1) is 6.92 Å². The van der Waals surface area contributed by atoms with Gasteiger partial charge < -0.3 is 11.1 Å². The average Bonchev–Trinajstić information content (AvgIpc) is 2.29. The molecule has 0 saturated heterocycles. The molecule has 0 saturated carbocycles. The minimum atomic E-state index is 0.248. The second-order valence-electron chi connectivity index (χ2n) is 4.19. The summed E-state index contributed by atoms with van der Waals surface area (Å²) in [7, 11) is 0. The van der Waals surface area contributed by atoms with Crippen molar-refractivity contribution in [3.63, 3.8) is 0 Å². The second-order valence-corrected chi connectivity index (χ2v) is 4.19. The number of anilines is 2. The zero-order valence-corrected chi connectivity index (χ0v) is 10.1. The van der Waals surface area contributed by atoms with E-state index in [4.69, 9.17) is 5.73 Å². The zero-order chi connectivity index (χ0) is 12.3. The van der Waals surface area contributed by atoms with Crippen LogP contribution >= 0.6 is 0 Å². The van der Waals surface area contributed by atoms with Gasteiger partial charge in [0.1, 0.15) is 5.82 Å². The first-order valence-corrected chi connectivity index (χ1v) is 5.70. The molecule has 0 fully saturated rings. The third kappa shape index (κ3) is 2.75. The fraction of sp³-hybridized carbons (Fsp3) is 0.214. The Morgan fingerprint density at radius 1 is 1.24 bits per heavy atom. The molecule has 0 amide bonds. The molecule has 1 unspecified atom stereocenters. The van der Waals surface area contributed by atoms with Crippen molar-refractivity contribution in [2.75, 3.05) is 11.1 Å².